The van der Waals surface area contributed by atoms with Gasteiger partial charge in [0.15, 0.2) is 0 Å². The number of aryl methyl sites for hydroxylation is 1. The zero-order valence-electron chi connectivity index (χ0n) is 13.2. The fraction of sp³-hybridized carbons (Fsp3) is 0.733. The number of aromatic nitrogens is 2. The summed E-state index contributed by atoms with van der Waals surface area (Å²) in [5.41, 5.74) is 0.956. The van der Waals surface area contributed by atoms with Gasteiger partial charge >= 0.3 is 0 Å². The molecule has 0 aromatic carbocycles. The Kier molecular flexibility index (Phi) is 6.23. The van der Waals surface area contributed by atoms with Gasteiger partial charge in [-0.3, -0.25) is 0 Å². The van der Waals surface area contributed by atoms with Gasteiger partial charge in [0.25, 0.3) is 0 Å². The largest absolute Gasteiger partial charge is 0.475 e. The van der Waals surface area contributed by atoms with Gasteiger partial charge in [0.05, 0.1) is 6.10 Å². The van der Waals surface area contributed by atoms with E-state index in [9.17, 15) is 0 Å². The molecule has 1 aromatic rings. The average Bonchev–Trinajstić information content (AvgIpc) is 2.63. The van der Waals surface area contributed by atoms with Crippen LogP contribution in [-0.2, 0) is 0 Å². The Labute approximate surface area is 135 Å². The van der Waals surface area contributed by atoms with Gasteiger partial charge in [-0.1, -0.05) is 15.9 Å². The van der Waals surface area contributed by atoms with Crippen LogP contribution in [0.15, 0.2) is 6.07 Å². The summed E-state index contributed by atoms with van der Waals surface area (Å²) in [6.07, 6.45) is 1.27. The van der Waals surface area contributed by atoms with Crippen molar-refractivity contribution in [2.24, 2.45) is 0 Å². The number of ether oxygens (including phenoxy) is 1. The number of anilines is 1. The fourth-order valence-corrected chi connectivity index (χ4v) is 2.98. The van der Waals surface area contributed by atoms with Crippen molar-refractivity contribution < 1.29 is 4.74 Å². The molecule has 1 saturated heterocycles. The third kappa shape index (κ3) is 5.11. The maximum atomic E-state index is 5.72. The number of nitrogens with zero attached hydrogens (tertiary/aromatic N) is 4. The van der Waals surface area contributed by atoms with Gasteiger partial charge in [-0.2, -0.15) is 4.98 Å². The summed E-state index contributed by atoms with van der Waals surface area (Å²) in [5, 5.41) is 1.03. The van der Waals surface area contributed by atoms with Crippen LogP contribution in [0.25, 0.3) is 0 Å². The number of hydrogen-bond donors (Lipinski definition) is 0. The standard InChI is InChI=1S/C15H25BrN4O/c1-12(2)21-14-11-13(3)17-15(18-14)20-7-4-6-19(8-5-16)9-10-20/h11-12H,4-10H2,1-3H3. The lowest BCUT2D eigenvalue weighted by molar-refractivity contribution is 0.232. The van der Waals surface area contributed by atoms with Gasteiger partial charge in [0.2, 0.25) is 11.8 Å². The van der Waals surface area contributed by atoms with Crippen LogP contribution >= 0.6 is 15.9 Å². The molecule has 1 aliphatic heterocycles. The van der Waals surface area contributed by atoms with E-state index in [0.717, 1.165) is 56.1 Å². The normalized spacial score (nSPS) is 17.1. The van der Waals surface area contributed by atoms with E-state index in [2.05, 4.69) is 35.7 Å². The molecule has 0 amide bonds. The first-order valence-electron chi connectivity index (χ1n) is 7.64. The maximum Gasteiger partial charge on any atom is 0.228 e. The highest BCUT2D eigenvalue weighted by Crippen LogP contribution is 2.18. The highest BCUT2D eigenvalue weighted by molar-refractivity contribution is 9.09. The van der Waals surface area contributed by atoms with Gasteiger partial charge in [-0.25, -0.2) is 4.98 Å². The molecule has 21 heavy (non-hydrogen) atoms. The van der Waals surface area contributed by atoms with Gasteiger partial charge in [0, 0.05) is 43.3 Å². The smallest absolute Gasteiger partial charge is 0.228 e. The van der Waals surface area contributed by atoms with Crippen molar-refractivity contribution in [1.82, 2.24) is 14.9 Å². The second-order valence-corrected chi connectivity index (χ2v) is 6.48. The lowest BCUT2D eigenvalue weighted by Gasteiger charge is -2.22. The van der Waals surface area contributed by atoms with E-state index in [1.165, 1.54) is 0 Å². The minimum atomic E-state index is 0.130. The molecule has 1 aliphatic rings. The lowest BCUT2D eigenvalue weighted by atomic mass is 10.4. The van der Waals surface area contributed by atoms with Gasteiger partial charge in [0.1, 0.15) is 0 Å². The summed E-state index contributed by atoms with van der Waals surface area (Å²) in [4.78, 5) is 13.9. The van der Waals surface area contributed by atoms with E-state index in [-0.39, 0.29) is 6.10 Å². The molecule has 1 aromatic heterocycles. The molecule has 0 N–H and O–H groups in total. The number of alkyl halides is 1. The summed E-state index contributed by atoms with van der Waals surface area (Å²) in [5.74, 6) is 1.47. The first kappa shape index (κ1) is 16.5. The summed E-state index contributed by atoms with van der Waals surface area (Å²) in [6, 6.07) is 1.90. The molecule has 0 unspecified atom stereocenters. The highest BCUT2D eigenvalue weighted by Gasteiger charge is 2.17. The van der Waals surface area contributed by atoms with Gasteiger partial charge in [-0.05, 0) is 33.7 Å². The molecular weight excluding hydrogens is 332 g/mol. The summed E-state index contributed by atoms with van der Waals surface area (Å²) in [6.45, 7) is 11.3. The zero-order chi connectivity index (χ0) is 15.2. The first-order chi connectivity index (χ1) is 10.1. The van der Waals surface area contributed by atoms with Crippen LogP contribution in [0.4, 0.5) is 5.95 Å². The Morgan fingerprint density at radius 2 is 2.05 bits per heavy atom. The Hall–Kier alpha value is -0.880. The van der Waals surface area contributed by atoms with Crippen LogP contribution in [0.1, 0.15) is 26.0 Å². The van der Waals surface area contributed by atoms with Crippen LogP contribution in [0.2, 0.25) is 0 Å². The molecule has 0 radical (unpaired) electrons. The van der Waals surface area contributed by atoms with E-state index in [4.69, 9.17) is 4.74 Å². The van der Waals surface area contributed by atoms with Crippen molar-refractivity contribution >= 4 is 21.9 Å². The topological polar surface area (TPSA) is 41.5 Å². The monoisotopic (exact) mass is 356 g/mol. The first-order valence-corrected chi connectivity index (χ1v) is 8.76. The summed E-state index contributed by atoms with van der Waals surface area (Å²) in [7, 11) is 0. The number of hydrogen-bond acceptors (Lipinski definition) is 5. The molecule has 1 fully saturated rings. The fourth-order valence-electron chi connectivity index (χ4n) is 2.48. The highest BCUT2D eigenvalue weighted by atomic mass is 79.9. The van der Waals surface area contributed by atoms with E-state index >= 15 is 0 Å². The Morgan fingerprint density at radius 3 is 2.76 bits per heavy atom. The third-order valence-electron chi connectivity index (χ3n) is 3.45. The van der Waals surface area contributed by atoms with Crippen LogP contribution in [0, 0.1) is 6.92 Å². The molecule has 2 rings (SSSR count). The molecule has 0 aliphatic carbocycles. The Balaban J connectivity index is 2.08. The molecule has 5 nitrogen and oxygen atoms in total. The van der Waals surface area contributed by atoms with Crippen molar-refractivity contribution in [1.29, 1.82) is 0 Å². The Morgan fingerprint density at radius 1 is 1.24 bits per heavy atom. The number of halogens is 1. The molecule has 0 bridgehead atoms. The van der Waals surface area contributed by atoms with Crippen LogP contribution < -0.4 is 9.64 Å². The molecular formula is C15H25BrN4O. The minimum Gasteiger partial charge on any atom is -0.475 e. The molecule has 118 valence electrons. The van der Waals surface area contributed by atoms with Crippen LogP contribution in [0.5, 0.6) is 5.88 Å². The second kappa shape index (κ2) is 7.94. The predicted octanol–water partition coefficient (Wildman–Crippen LogP) is 2.48. The van der Waals surface area contributed by atoms with E-state index < -0.39 is 0 Å². The summed E-state index contributed by atoms with van der Waals surface area (Å²) >= 11 is 3.52. The van der Waals surface area contributed by atoms with Crippen molar-refractivity contribution in [3.63, 3.8) is 0 Å². The minimum absolute atomic E-state index is 0.130. The number of rotatable bonds is 5. The van der Waals surface area contributed by atoms with E-state index in [0.29, 0.717) is 5.88 Å². The molecule has 0 atom stereocenters. The summed E-state index contributed by atoms with van der Waals surface area (Å²) < 4.78 is 5.72. The molecule has 6 heteroatoms. The van der Waals surface area contributed by atoms with Crippen molar-refractivity contribution in [2.75, 3.05) is 43.0 Å². The SMILES string of the molecule is Cc1cc(OC(C)C)nc(N2CCCN(CCBr)CC2)n1. The zero-order valence-corrected chi connectivity index (χ0v) is 14.8. The predicted molar refractivity (Wildman–Crippen MR) is 89.6 cm³/mol. The lowest BCUT2D eigenvalue weighted by Crippen LogP contribution is -2.32. The van der Waals surface area contributed by atoms with Crippen molar-refractivity contribution in [3.8, 4) is 5.88 Å². The van der Waals surface area contributed by atoms with Gasteiger partial charge in [-0.15, -0.1) is 0 Å². The third-order valence-corrected chi connectivity index (χ3v) is 3.80. The Bertz CT molecular complexity index is 455. The maximum absolute atomic E-state index is 5.72. The van der Waals surface area contributed by atoms with E-state index in [1.807, 2.05) is 26.8 Å². The van der Waals surface area contributed by atoms with Crippen molar-refractivity contribution in [3.05, 3.63) is 11.8 Å². The van der Waals surface area contributed by atoms with Crippen LogP contribution in [0.3, 0.4) is 0 Å². The molecule has 0 spiro atoms. The molecule has 0 saturated carbocycles. The quantitative estimate of drug-likeness (QED) is 0.758. The van der Waals surface area contributed by atoms with Crippen molar-refractivity contribution in [2.45, 2.75) is 33.3 Å². The van der Waals surface area contributed by atoms with Gasteiger partial charge < -0.3 is 14.5 Å². The average molecular weight is 357 g/mol. The molecule has 2 heterocycles. The second-order valence-electron chi connectivity index (χ2n) is 5.69. The van der Waals surface area contributed by atoms with Crippen LogP contribution in [-0.4, -0.2) is 59.0 Å². The van der Waals surface area contributed by atoms with E-state index in [1.54, 1.807) is 0 Å².